The van der Waals surface area contributed by atoms with Crippen LogP contribution in [0.1, 0.15) is 17.5 Å². The topological polar surface area (TPSA) is 29.5 Å². The van der Waals surface area contributed by atoms with E-state index in [4.69, 9.17) is 4.74 Å². The Hall–Kier alpha value is -1.88. The van der Waals surface area contributed by atoms with Gasteiger partial charge >= 0.3 is 0 Å². The van der Waals surface area contributed by atoms with E-state index in [0.717, 1.165) is 23.3 Å². The summed E-state index contributed by atoms with van der Waals surface area (Å²) in [5.41, 5.74) is 2.76. The van der Waals surface area contributed by atoms with Gasteiger partial charge in [-0.1, -0.05) is 12.1 Å². The van der Waals surface area contributed by atoms with Crippen LogP contribution in [0.5, 0.6) is 5.75 Å². The number of anilines is 1. The van der Waals surface area contributed by atoms with Crippen molar-refractivity contribution >= 4 is 27.5 Å². The lowest BCUT2D eigenvalue weighted by atomic mass is 10.1. The fourth-order valence-electron chi connectivity index (χ4n) is 2.85. The van der Waals surface area contributed by atoms with Crippen molar-refractivity contribution in [1.82, 2.24) is 0 Å². The molecule has 1 amide bonds. The van der Waals surface area contributed by atoms with E-state index in [1.165, 1.54) is 6.07 Å². The first-order valence-corrected chi connectivity index (χ1v) is 8.29. The molecule has 0 radical (unpaired) electrons. The summed E-state index contributed by atoms with van der Waals surface area (Å²) in [4.78, 5) is 14.2. The molecule has 120 valence electrons. The number of hydrogen-bond donors (Lipinski definition) is 0. The first-order valence-electron chi connectivity index (χ1n) is 7.49. The molecule has 3 rings (SSSR count). The van der Waals surface area contributed by atoms with Gasteiger partial charge in [-0.05, 0) is 64.2 Å². The van der Waals surface area contributed by atoms with E-state index in [9.17, 15) is 9.18 Å². The van der Waals surface area contributed by atoms with Crippen molar-refractivity contribution in [2.75, 3.05) is 18.6 Å². The molecule has 1 heterocycles. The normalized spacial score (nSPS) is 13.1. The van der Waals surface area contributed by atoms with Crippen molar-refractivity contribution in [1.29, 1.82) is 0 Å². The van der Waals surface area contributed by atoms with E-state index >= 15 is 0 Å². The summed E-state index contributed by atoms with van der Waals surface area (Å²) in [7, 11) is 1.62. The third-order valence-corrected chi connectivity index (χ3v) is 4.69. The Bertz CT molecular complexity index is 748. The number of fused-ring (bicyclic) bond motifs is 1. The number of ether oxygens (including phenoxy) is 1. The van der Waals surface area contributed by atoms with Gasteiger partial charge in [-0.2, -0.15) is 0 Å². The molecule has 2 aromatic carbocycles. The number of carbonyl (C=O) groups is 1. The molecule has 0 unspecified atom stereocenters. The number of amides is 1. The molecule has 0 saturated heterocycles. The van der Waals surface area contributed by atoms with Crippen LogP contribution in [0.3, 0.4) is 0 Å². The molecule has 0 N–H and O–H groups in total. The van der Waals surface area contributed by atoms with Crippen molar-refractivity contribution in [3.63, 3.8) is 0 Å². The first-order chi connectivity index (χ1) is 11.1. The molecule has 23 heavy (non-hydrogen) atoms. The summed E-state index contributed by atoms with van der Waals surface area (Å²) in [6.07, 6.45) is 1.80. The molecular weight excluding hydrogens is 361 g/mol. The summed E-state index contributed by atoms with van der Waals surface area (Å²) in [5, 5.41) is 0. The Labute approximate surface area is 143 Å². The average Bonchev–Trinajstić information content (AvgIpc) is 2.96. The van der Waals surface area contributed by atoms with Gasteiger partial charge in [-0.25, -0.2) is 4.39 Å². The van der Waals surface area contributed by atoms with E-state index in [1.807, 2.05) is 24.3 Å². The van der Waals surface area contributed by atoms with Crippen LogP contribution in [-0.4, -0.2) is 19.6 Å². The lowest BCUT2D eigenvalue weighted by Gasteiger charge is -2.17. The van der Waals surface area contributed by atoms with E-state index in [0.29, 0.717) is 29.5 Å². The molecule has 5 heteroatoms. The number of nitrogens with zero attached hydrogens (tertiary/aromatic N) is 1. The van der Waals surface area contributed by atoms with E-state index < -0.39 is 0 Å². The Kier molecular flexibility index (Phi) is 4.66. The zero-order valence-electron chi connectivity index (χ0n) is 12.8. The predicted octanol–water partition coefficient (Wildman–Crippen LogP) is 4.12. The van der Waals surface area contributed by atoms with E-state index in [-0.39, 0.29) is 11.7 Å². The molecule has 0 fully saturated rings. The zero-order valence-corrected chi connectivity index (χ0v) is 14.4. The van der Waals surface area contributed by atoms with Gasteiger partial charge in [-0.15, -0.1) is 0 Å². The Morgan fingerprint density at radius 1 is 1.35 bits per heavy atom. The average molecular weight is 378 g/mol. The number of halogens is 2. The monoisotopic (exact) mass is 377 g/mol. The fraction of sp³-hybridized carbons (Fsp3) is 0.278. The highest BCUT2D eigenvalue weighted by molar-refractivity contribution is 9.10. The third-order valence-electron chi connectivity index (χ3n) is 4.08. The van der Waals surface area contributed by atoms with Gasteiger partial charge in [0.25, 0.3) is 0 Å². The third kappa shape index (κ3) is 3.39. The van der Waals surface area contributed by atoms with Gasteiger partial charge in [-0.3, -0.25) is 4.79 Å². The Balaban J connectivity index is 1.70. The van der Waals surface area contributed by atoms with Gasteiger partial charge in [0.15, 0.2) is 0 Å². The van der Waals surface area contributed by atoms with Crippen molar-refractivity contribution in [2.45, 2.75) is 19.3 Å². The molecule has 1 aliphatic rings. The molecular formula is C18H17BrFNO2. The zero-order chi connectivity index (χ0) is 16.4. The maximum absolute atomic E-state index is 13.7. The second-order valence-electron chi connectivity index (χ2n) is 5.54. The maximum Gasteiger partial charge on any atom is 0.227 e. The van der Waals surface area contributed by atoms with Gasteiger partial charge in [0, 0.05) is 18.7 Å². The lowest BCUT2D eigenvalue weighted by molar-refractivity contribution is -0.118. The van der Waals surface area contributed by atoms with Crippen LogP contribution in [0.25, 0.3) is 0 Å². The molecule has 0 aromatic heterocycles. The van der Waals surface area contributed by atoms with E-state index in [1.54, 1.807) is 18.1 Å². The molecule has 0 saturated carbocycles. The molecule has 0 atom stereocenters. The standard InChI is InChI=1S/C18H17BrFNO2/c1-23-14-4-2-3-12(9-14)5-6-18(22)21-8-7-13-10-15(19)16(20)11-17(13)21/h2-4,9-11H,5-8H2,1H3. The van der Waals surface area contributed by atoms with Crippen LogP contribution in [0.2, 0.25) is 0 Å². The molecule has 0 spiro atoms. The van der Waals surface area contributed by atoms with Gasteiger partial charge < -0.3 is 9.64 Å². The summed E-state index contributed by atoms with van der Waals surface area (Å²) < 4.78 is 19.4. The predicted molar refractivity (Wildman–Crippen MR) is 91.5 cm³/mol. The van der Waals surface area contributed by atoms with Crippen LogP contribution in [0.4, 0.5) is 10.1 Å². The lowest BCUT2D eigenvalue weighted by Crippen LogP contribution is -2.29. The van der Waals surface area contributed by atoms with Crippen molar-refractivity contribution in [2.24, 2.45) is 0 Å². The minimum atomic E-state index is -0.337. The molecule has 0 aliphatic carbocycles. The second-order valence-corrected chi connectivity index (χ2v) is 6.40. The summed E-state index contributed by atoms with van der Waals surface area (Å²) >= 11 is 3.19. The number of aryl methyl sites for hydroxylation is 1. The van der Waals surface area contributed by atoms with Crippen LogP contribution in [-0.2, 0) is 17.6 Å². The minimum Gasteiger partial charge on any atom is -0.497 e. The number of hydrogen-bond acceptors (Lipinski definition) is 2. The second kappa shape index (κ2) is 6.71. The SMILES string of the molecule is COc1cccc(CCC(=O)N2CCc3cc(Br)c(F)cc32)c1. The van der Waals surface area contributed by atoms with Gasteiger partial charge in [0.1, 0.15) is 11.6 Å². The quantitative estimate of drug-likeness (QED) is 0.801. The van der Waals surface area contributed by atoms with Crippen molar-refractivity contribution < 1.29 is 13.9 Å². The van der Waals surface area contributed by atoms with Gasteiger partial charge in [0.2, 0.25) is 5.91 Å². The largest absolute Gasteiger partial charge is 0.497 e. The summed E-state index contributed by atoms with van der Waals surface area (Å²) in [5.74, 6) is 0.470. The van der Waals surface area contributed by atoms with Crippen molar-refractivity contribution in [3.05, 3.63) is 57.8 Å². The number of rotatable bonds is 4. The number of carbonyl (C=O) groups excluding carboxylic acids is 1. The summed E-state index contributed by atoms with van der Waals surface area (Å²) in [6.45, 7) is 0.613. The fourth-order valence-corrected chi connectivity index (χ4v) is 3.25. The Morgan fingerprint density at radius 2 is 2.17 bits per heavy atom. The smallest absolute Gasteiger partial charge is 0.227 e. The minimum absolute atomic E-state index is 0.0216. The Morgan fingerprint density at radius 3 is 2.96 bits per heavy atom. The highest BCUT2D eigenvalue weighted by Gasteiger charge is 2.25. The van der Waals surface area contributed by atoms with Crippen LogP contribution < -0.4 is 9.64 Å². The molecule has 1 aliphatic heterocycles. The maximum atomic E-state index is 13.7. The van der Waals surface area contributed by atoms with Gasteiger partial charge in [0.05, 0.1) is 11.6 Å². The molecule has 2 aromatic rings. The first kappa shape index (κ1) is 16.0. The highest BCUT2D eigenvalue weighted by atomic mass is 79.9. The number of methoxy groups -OCH3 is 1. The van der Waals surface area contributed by atoms with Crippen LogP contribution in [0, 0.1) is 5.82 Å². The number of benzene rings is 2. The van der Waals surface area contributed by atoms with Crippen molar-refractivity contribution in [3.8, 4) is 5.75 Å². The molecule has 3 nitrogen and oxygen atoms in total. The highest BCUT2D eigenvalue weighted by Crippen LogP contribution is 2.33. The summed E-state index contributed by atoms with van der Waals surface area (Å²) in [6, 6.07) is 10.9. The molecule has 0 bridgehead atoms. The van der Waals surface area contributed by atoms with Crippen LogP contribution in [0.15, 0.2) is 40.9 Å². The van der Waals surface area contributed by atoms with Crippen LogP contribution >= 0.6 is 15.9 Å². The van der Waals surface area contributed by atoms with E-state index in [2.05, 4.69) is 15.9 Å².